The molecular weight excluding hydrogens is 188 g/mol. The molecule has 82 valence electrons. The van der Waals surface area contributed by atoms with E-state index in [1.54, 1.807) is 0 Å². The van der Waals surface area contributed by atoms with Crippen LogP contribution in [0.3, 0.4) is 0 Å². The van der Waals surface area contributed by atoms with Crippen LogP contribution < -0.4 is 5.32 Å². The van der Waals surface area contributed by atoms with E-state index in [0.29, 0.717) is 6.10 Å². The van der Waals surface area contributed by atoms with Crippen LogP contribution in [0.5, 0.6) is 0 Å². The molecule has 0 aromatic carbocycles. The van der Waals surface area contributed by atoms with Crippen molar-refractivity contribution in [2.45, 2.75) is 32.4 Å². The van der Waals surface area contributed by atoms with E-state index < -0.39 is 0 Å². The molecule has 0 bridgehead atoms. The van der Waals surface area contributed by atoms with E-state index in [1.807, 2.05) is 19.1 Å². The smallest absolute Gasteiger partial charge is 0.0700 e. The lowest BCUT2D eigenvalue weighted by Gasteiger charge is -2.10. The monoisotopic (exact) mass is 206 g/mol. The molecule has 15 heavy (non-hydrogen) atoms. The first-order valence-corrected chi connectivity index (χ1v) is 5.59. The molecule has 1 aliphatic rings. The Morgan fingerprint density at radius 2 is 2.47 bits per heavy atom. The van der Waals surface area contributed by atoms with E-state index in [0.717, 1.165) is 31.1 Å². The molecule has 1 aromatic rings. The number of ether oxygens (including phenoxy) is 1. The average Bonchev–Trinajstić information content (AvgIpc) is 2.71. The predicted molar refractivity (Wildman–Crippen MR) is 59.7 cm³/mol. The number of aryl methyl sites for hydroxylation is 1. The number of nitrogens with one attached hydrogen (secondary N) is 1. The summed E-state index contributed by atoms with van der Waals surface area (Å²) in [6.07, 6.45) is 2.80. The molecule has 0 radical (unpaired) electrons. The minimum Gasteiger partial charge on any atom is -0.377 e. The summed E-state index contributed by atoms with van der Waals surface area (Å²) in [7, 11) is 0. The SMILES string of the molecule is Cc1cccc(CNCC2CCCO2)n1. The topological polar surface area (TPSA) is 34.1 Å². The molecule has 3 heteroatoms. The Hall–Kier alpha value is -0.930. The first kappa shape index (κ1) is 10.6. The van der Waals surface area contributed by atoms with Crippen LogP contribution >= 0.6 is 0 Å². The normalized spacial score (nSPS) is 20.7. The summed E-state index contributed by atoms with van der Waals surface area (Å²) in [5, 5.41) is 3.38. The van der Waals surface area contributed by atoms with Crippen LogP contribution in [0, 0.1) is 6.92 Å². The van der Waals surface area contributed by atoms with E-state index in [9.17, 15) is 0 Å². The Labute approximate surface area is 90.9 Å². The van der Waals surface area contributed by atoms with Crippen molar-refractivity contribution in [1.29, 1.82) is 0 Å². The van der Waals surface area contributed by atoms with Gasteiger partial charge in [-0.2, -0.15) is 0 Å². The Balaban J connectivity index is 1.73. The van der Waals surface area contributed by atoms with Crippen LogP contribution in [0.15, 0.2) is 18.2 Å². The molecule has 1 aliphatic heterocycles. The molecule has 1 fully saturated rings. The molecule has 1 aromatic heterocycles. The highest BCUT2D eigenvalue weighted by molar-refractivity contribution is 5.09. The minimum absolute atomic E-state index is 0.412. The van der Waals surface area contributed by atoms with Gasteiger partial charge in [-0.05, 0) is 31.9 Å². The lowest BCUT2D eigenvalue weighted by molar-refractivity contribution is 0.110. The van der Waals surface area contributed by atoms with Crippen LogP contribution in [-0.2, 0) is 11.3 Å². The summed E-state index contributed by atoms with van der Waals surface area (Å²) in [4.78, 5) is 4.43. The highest BCUT2D eigenvalue weighted by atomic mass is 16.5. The maximum Gasteiger partial charge on any atom is 0.0700 e. The third-order valence-electron chi connectivity index (χ3n) is 2.65. The van der Waals surface area contributed by atoms with Crippen molar-refractivity contribution < 1.29 is 4.74 Å². The summed E-state index contributed by atoms with van der Waals surface area (Å²) in [5.74, 6) is 0. The van der Waals surface area contributed by atoms with Crippen LogP contribution in [0.2, 0.25) is 0 Å². The third-order valence-corrected chi connectivity index (χ3v) is 2.65. The van der Waals surface area contributed by atoms with E-state index in [4.69, 9.17) is 4.74 Å². The molecular formula is C12H18N2O. The Bertz CT molecular complexity index is 308. The summed E-state index contributed by atoms with van der Waals surface area (Å²) in [5.41, 5.74) is 2.18. The highest BCUT2D eigenvalue weighted by Gasteiger charge is 2.14. The quantitative estimate of drug-likeness (QED) is 0.813. The van der Waals surface area contributed by atoms with Crippen molar-refractivity contribution in [1.82, 2.24) is 10.3 Å². The number of hydrogen-bond acceptors (Lipinski definition) is 3. The molecule has 2 rings (SSSR count). The highest BCUT2D eigenvalue weighted by Crippen LogP contribution is 2.10. The second-order valence-corrected chi connectivity index (χ2v) is 4.04. The number of hydrogen-bond donors (Lipinski definition) is 1. The summed E-state index contributed by atoms with van der Waals surface area (Å²) >= 11 is 0. The number of rotatable bonds is 4. The molecule has 1 N–H and O–H groups in total. The van der Waals surface area contributed by atoms with Gasteiger partial charge in [0.05, 0.1) is 11.8 Å². The average molecular weight is 206 g/mol. The Morgan fingerprint density at radius 3 is 3.20 bits per heavy atom. The molecule has 0 aliphatic carbocycles. The largest absolute Gasteiger partial charge is 0.377 e. The first-order chi connectivity index (χ1) is 7.34. The Morgan fingerprint density at radius 1 is 1.53 bits per heavy atom. The van der Waals surface area contributed by atoms with E-state index >= 15 is 0 Å². The van der Waals surface area contributed by atoms with Crippen LogP contribution in [0.4, 0.5) is 0 Å². The van der Waals surface area contributed by atoms with Gasteiger partial charge in [0.25, 0.3) is 0 Å². The van der Waals surface area contributed by atoms with E-state index in [2.05, 4.69) is 16.4 Å². The predicted octanol–water partition coefficient (Wildman–Crippen LogP) is 1.66. The lowest BCUT2D eigenvalue weighted by atomic mass is 10.2. The fourth-order valence-electron chi connectivity index (χ4n) is 1.86. The maximum atomic E-state index is 5.53. The van der Waals surface area contributed by atoms with Crippen molar-refractivity contribution in [3.8, 4) is 0 Å². The van der Waals surface area contributed by atoms with Gasteiger partial charge in [0.2, 0.25) is 0 Å². The maximum absolute atomic E-state index is 5.53. The zero-order valence-corrected chi connectivity index (χ0v) is 9.20. The summed E-state index contributed by atoms with van der Waals surface area (Å²) in [6.45, 7) is 4.72. The molecule has 1 saturated heterocycles. The van der Waals surface area contributed by atoms with Crippen molar-refractivity contribution in [3.63, 3.8) is 0 Å². The van der Waals surface area contributed by atoms with Crippen LogP contribution in [0.25, 0.3) is 0 Å². The van der Waals surface area contributed by atoms with Gasteiger partial charge in [-0.3, -0.25) is 4.98 Å². The fraction of sp³-hybridized carbons (Fsp3) is 0.583. The van der Waals surface area contributed by atoms with Gasteiger partial charge in [-0.25, -0.2) is 0 Å². The second-order valence-electron chi connectivity index (χ2n) is 4.04. The van der Waals surface area contributed by atoms with Crippen molar-refractivity contribution in [2.24, 2.45) is 0 Å². The lowest BCUT2D eigenvalue weighted by Crippen LogP contribution is -2.26. The van der Waals surface area contributed by atoms with Crippen LogP contribution in [-0.4, -0.2) is 24.2 Å². The second kappa shape index (κ2) is 5.24. The minimum atomic E-state index is 0.412. The van der Waals surface area contributed by atoms with E-state index in [-0.39, 0.29) is 0 Å². The van der Waals surface area contributed by atoms with Gasteiger partial charge in [0.1, 0.15) is 0 Å². The van der Waals surface area contributed by atoms with E-state index in [1.165, 1.54) is 12.8 Å². The number of pyridine rings is 1. The Kier molecular flexibility index (Phi) is 3.69. The summed E-state index contributed by atoms with van der Waals surface area (Å²) in [6, 6.07) is 6.12. The molecule has 1 atom stereocenters. The molecule has 3 nitrogen and oxygen atoms in total. The zero-order chi connectivity index (χ0) is 10.5. The summed E-state index contributed by atoms with van der Waals surface area (Å²) < 4.78 is 5.53. The van der Waals surface area contributed by atoms with Crippen LogP contribution in [0.1, 0.15) is 24.2 Å². The number of nitrogens with zero attached hydrogens (tertiary/aromatic N) is 1. The van der Waals surface area contributed by atoms with Gasteiger partial charge >= 0.3 is 0 Å². The van der Waals surface area contributed by atoms with Gasteiger partial charge in [0.15, 0.2) is 0 Å². The third kappa shape index (κ3) is 3.29. The van der Waals surface area contributed by atoms with Gasteiger partial charge in [-0.1, -0.05) is 6.07 Å². The van der Waals surface area contributed by atoms with Gasteiger partial charge in [0, 0.05) is 25.4 Å². The van der Waals surface area contributed by atoms with Crippen molar-refractivity contribution in [3.05, 3.63) is 29.6 Å². The number of aromatic nitrogens is 1. The molecule has 0 spiro atoms. The molecule has 0 saturated carbocycles. The first-order valence-electron chi connectivity index (χ1n) is 5.59. The fourth-order valence-corrected chi connectivity index (χ4v) is 1.86. The van der Waals surface area contributed by atoms with Gasteiger partial charge < -0.3 is 10.1 Å². The van der Waals surface area contributed by atoms with Crippen molar-refractivity contribution in [2.75, 3.05) is 13.2 Å². The van der Waals surface area contributed by atoms with Crippen molar-refractivity contribution >= 4 is 0 Å². The zero-order valence-electron chi connectivity index (χ0n) is 9.20. The molecule has 1 unspecified atom stereocenters. The molecule has 0 amide bonds. The molecule has 2 heterocycles. The standard InChI is InChI=1S/C12H18N2O/c1-10-4-2-5-11(14-10)8-13-9-12-6-3-7-15-12/h2,4-5,12-13H,3,6-9H2,1H3. The van der Waals surface area contributed by atoms with Gasteiger partial charge in [-0.15, -0.1) is 0 Å².